The molecule has 0 aliphatic heterocycles. The Morgan fingerprint density at radius 1 is 1.03 bits per heavy atom. The van der Waals surface area contributed by atoms with Crippen LogP contribution in [0.15, 0.2) is 55.2 Å². The maximum absolute atomic E-state index is 14.9. The van der Waals surface area contributed by atoms with Crippen LogP contribution in [0.25, 0.3) is 16.6 Å². The number of aryl methyl sites for hydroxylation is 1. The first kappa shape index (κ1) is 19.5. The molecule has 10 heteroatoms. The minimum absolute atomic E-state index is 0.0802. The predicted molar refractivity (Wildman–Crippen MR) is 115 cm³/mol. The SMILES string of the molecule is COc1cc(O)c2c(Nc3cc(C)c(Oc4ccn5ncnc5c4)cc3F)ncnc2c1. The molecule has 0 saturated carbocycles. The van der Waals surface area contributed by atoms with E-state index in [1.54, 1.807) is 41.9 Å². The molecule has 9 nitrogen and oxygen atoms in total. The van der Waals surface area contributed by atoms with Crippen molar-refractivity contribution in [3.05, 3.63) is 66.6 Å². The van der Waals surface area contributed by atoms with Crippen molar-refractivity contribution in [2.75, 3.05) is 12.4 Å². The number of nitrogens with one attached hydrogen (secondary N) is 1. The number of nitrogens with zero attached hydrogens (tertiary/aromatic N) is 5. The summed E-state index contributed by atoms with van der Waals surface area (Å²) >= 11 is 0. The van der Waals surface area contributed by atoms with Crippen molar-refractivity contribution < 1.29 is 19.0 Å². The number of anilines is 2. The number of aromatic hydroxyl groups is 1. The molecule has 0 fully saturated rings. The van der Waals surface area contributed by atoms with Crippen LogP contribution in [0.2, 0.25) is 0 Å². The quantitative estimate of drug-likeness (QED) is 0.422. The van der Waals surface area contributed by atoms with E-state index in [1.165, 1.54) is 31.9 Å². The molecule has 0 amide bonds. The molecule has 32 heavy (non-hydrogen) atoms. The van der Waals surface area contributed by atoms with Gasteiger partial charge in [0, 0.05) is 30.5 Å². The van der Waals surface area contributed by atoms with Crippen LogP contribution in [0.5, 0.6) is 23.0 Å². The Kier molecular flexibility index (Phi) is 4.66. The van der Waals surface area contributed by atoms with E-state index in [-0.39, 0.29) is 17.3 Å². The van der Waals surface area contributed by atoms with Crippen LogP contribution < -0.4 is 14.8 Å². The molecule has 3 aromatic heterocycles. The van der Waals surface area contributed by atoms with E-state index in [4.69, 9.17) is 9.47 Å². The monoisotopic (exact) mass is 432 g/mol. The molecule has 0 saturated heterocycles. The first-order chi connectivity index (χ1) is 15.5. The van der Waals surface area contributed by atoms with E-state index in [1.807, 2.05) is 0 Å². The average molecular weight is 432 g/mol. The van der Waals surface area contributed by atoms with Gasteiger partial charge >= 0.3 is 0 Å². The number of fused-ring (bicyclic) bond motifs is 2. The summed E-state index contributed by atoms with van der Waals surface area (Å²) in [5.74, 6) is 0.954. The lowest BCUT2D eigenvalue weighted by atomic mass is 10.1. The van der Waals surface area contributed by atoms with Gasteiger partial charge in [0.1, 0.15) is 47.3 Å². The van der Waals surface area contributed by atoms with Gasteiger partial charge in [-0.15, -0.1) is 0 Å². The van der Waals surface area contributed by atoms with Crippen molar-refractivity contribution >= 4 is 28.1 Å². The Labute approximate surface area is 181 Å². The molecule has 0 unspecified atom stereocenters. The molecule has 3 heterocycles. The summed E-state index contributed by atoms with van der Waals surface area (Å²) in [6, 6.07) is 9.43. The van der Waals surface area contributed by atoms with Crippen molar-refractivity contribution in [1.29, 1.82) is 0 Å². The number of hydrogen-bond acceptors (Lipinski definition) is 8. The van der Waals surface area contributed by atoms with Crippen LogP contribution in [0.1, 0.15) is 5.56 Å². The van der Waals surface area contributed by atoms with Crippen molar-refractivity contribution in [3.8, 4) is 23.0 Å². The number of hydrogen-bond donors (Lipinski definition) is 2. The fourth-order valence-corrected chi connectivity index (χ4v) is 3.34. The molecule has 5 aromatic rings. The molecule has 0 spiro atoms. The number of benzene rings is 2. The van der Waals surface area contributed by atoms with Crippen molar-refractivity contribution in [1.82, 2.24) is 24.6 Å². The highest BCUT2D eigenvalue weighted by Crippen LogP contribution is 2.36. The van der Waals surface area contributed by atoms with E-state index in [0.29, 0.717) is 39.4 Å². The fraction of sp³-hybridized carbons (Fsp3) is 0.0909. The van der Waals surface area contributed by atoms with E-state index in [9.17, 15) is 9.50 Å². The number of ether oxygens (including phenoxy) is 2. The Morgan fingerprint density at radius 2 is 1.91 bits per heavy atom. The van der Waals surface area contributed by atoms with Gasteiger partial charge in [-0.05, 0) is 24.6 Å². The maximum Gasteiger partial charge on any atom is 0.158 e. The van der Waals surface area contributed by atoms with Gasteiger partial charge in [0.25, 0.3) is 0 Å². The summed E-state index contributed by atoms with van der Waals surface area (Å²) in [5.41, 5.74) is 1.95. The zero-order valence-corrected chi connectivity index (χ0v) is 17.1. The standard InChI is InChI=1S/C22H17FN6O3/c1-12-5-16(28-22-21-17(24-10-26-22)6-14(31-2)7-18(21)30)15(23)9-19(12)32-13-3-4-29-20(8-13)25-11-27-29/h3-11,30H,1-2H3,(H,24,26,28). The van der Waals surface area contributed by atoms with Crippen LogP contribution in [-0.4, -0.2) is 36.8 Å². The van der Waals surface area contributed by atoms with Crippen molar-refractivity contribution in [2.45, 2.75) is 6.92 Å². The summed E-state index contributed by atoms with van der Waals surface area (Å²) in [7, 11) is 1.49. The Hall–Kier alpha value is -4.47. The molecule has 5 rings (SSSR count). The first-order valence-electron chi connectivity index (χ1n) is 9.58. The van der Waals surface area contributed by atoms with Gasteiger partial charge in [-0.3, -0.25) is 0 Å². The van der Waals surface area contributed by atoms with Crippen molar-refractivity contribution in [2.24, 2.45) is 0 Å². The van der Waals surface area contributed by atoms with Gasteiger partial charge in [0.05, 0.1) is 23.7 Å². The van der Waals surface area contributed by atoms with Gasteiger partial charge in [0.2, 0.25) is 0 Å². The smallest absolute Gasteiger partial charge is 0.158 e. The first-order valence-corrected chi connectivity index (χ1v) is 9.58. The van der Waals surface area contributed by atoms with Crippen LogP contribution in [0.4, 0.5) is 15.9 Å². The van der Waals surface area contributed by atoms with Gasteiger partial charge in [-0.1, -0.05) is 0 Å². The third-order valence-electron chi connectivity index (χ3n) is 4.92. The molecule has 0 aliphatic rings. The van der Waals surface area contributed by atoms with Gasteiger partial charge in [-0.25, -0.2) is 23.9 Å². The number of methoxy groups -OCH3 is 1. The molecule has 160 valence electrons. The Balaban J connectivity index is 1.47. The second kappa shape index (κ2) is 7.65. The Morgan fingerprint density at radius 3 is 2.75 bits per heavy atom. The molecule has 0 atom stereocenters. The van der Waals surface area contributed by atoms with E-state index >= 15 is 0 Å². The minimum Gasteiger partial charge on any atom is -0.507 e. The Bertz CT molecular complexity index is 1470. The fourth-order valence-electron chi connectivity index (χ4n) is 3.34. The third kappa shape index (κ3) is 3.47. The van der Waals surface area contributed by atoms with Crippen molar-refractivity contribution in [3.63, 3.8) is 0 Å². The molecule has 2 N–H and O–H groups in total. The molecule has 2 aromatic carbocycles. The van der Waals surface area contributed by atoms with Gasteiger partial charge in [0.15, 0.2) is 5.65 Å². The second-order valence-corrected chi connectivity index (χ2v) is 7.01. The zero-order valence-electron chi connectivity index (χ0n) is 17.1. The van der Waals surface area contributed by atoms with Gasteiger partial charge < -0.3 is 19.9 Å². The molecule has 0 bridgehead atoms. The molecule has 0 aliphatic carbocycles. The zero-order chi connectivity index (χ0) is 22.2. The number of phenolic OH excluding ortho intramolecular Hbond substituents is 1. The lowest BCUT2D eigenvalue weighted by Crippen LogP contribution is -2.00. The second-order valence-electron chi connectivity index (χ2n) is 7.01. The molecular formula is C22H17FN6O3. The number of halogens is 1. The van der Waals surface area contributed by atoms with Crippen LogP contribution in [-0.2, 0) is 0 Å². The maximum atomic E-state index is 14.9. The average Bonchev–Trinajstić information content (AvgIpc) is 3.25. The predicted octanol–water partition coefficient (Wildman–Crippen LogP) is 4.37. The summed E-state index contributed by atoms with van der Waals surface area (Å²) in [4.78, 5) is 12.4. The number of phenols is 1. The minimum atomic E-state index is -0.547. The molecular weight excluding hydrogens is 415 g/mol. The molecule has 0 radical (unpaired) electrons. The normalized spacial score (nSPS) is 11.1. The van der Waals surface area contributed by atoms with Crippen LogP contribution in [0.3, 0.4) is 0 Å². The van der Waals surface area contributed by atoms with E-state index in [0.717, 1.165) is 0 Å². The lowest BCUT2D eigenvalue weighted by Gasteiger charge is -2.14. The highest BCUT2D eigenvalue weighted by Gasteiger charge is 2.15. The van der Waals surface area contributed by atoms with Crippen LogP contribution >= 0.6 is 0 Å². The number of pyridine rings is 1. The summed E-state index contributed by atoms with van der Waals surface area (Å²) in [6.07, 6.45) is 4.47. The highest BCUT2D eigenvalue weighted by atomic mass is 19.1. The lowest BCUT2D eigenvalue weighted by molar-refractivity contribution is 0.409. The number of rotatable bonds is 5. The summed E-state index contributed by atoms with van der Waals surface area (Å²) in [6.45, 7) is 1.80. The third-order valence-corrected chi connectivity index (χ3v) is 4.92. The number of aromatic nitrogens is 5. The highest BCUT2D eigenvalue weighted by molar-refractivity contribution is 5.96. The largest absolute Gasteiger partial charge is 0.507 e. The van der Waals surface area contributed by atoms with Gasteiger partial charge in [-0.2, -0.15) is 5.10 Å². The van der Waals surface area contributed by atoms with E-state index < -0.39 is 5.82 Å². The topological polar surface area (TPSA) is 107 Å². The summed E-state index contributed by atoms with van der Waals surface area (Å²) < 4.78 is 27.6. The van der Waals surface area contributed by atoms with Crippen LogP contribution in [0, 0.1) is 12.7 Å². The summed E-state index contributed by atoms with van der Waals surface area (Å²) in [5, 5.41) is 17.7. The van der Waals surface area contributed by atoms with E-state index in [2.05, 4.69) is 25.4 Å².